The quantitative estimate of drug-likeness (QED) is 0.867. The van der Waals surface area contributed by atoms with E-state index in [1.54, 1.807) is 20.0 Å². The molecule has 0 saturated heterocycles. The molecule has 0 fully saturated rings. The molecule has 0 saturated carbocycles. The van der Waals surface area contributed by atoms with Crippen molar-refractivity contribution in [3.8, 4) is 0 Å². The highest BCUT2D eigenvalue weighted by molar-refractivity contribution is 9.10. The van der Waals surface area contributed by atoms with Crippen LogP contribution in [0.5, 0.6) is 0 Å². The van der Waals surface area contributed by atoms with Gasteiger partial charge in [0.1, 0.15) is 5.82 Å². The van der Waals surface area contributed by atoms with E-state index in [9.17, 15) is 5.11 Å². The Hall–Kier alpha value is -0.390. The molecule has 0 radical (unpaired) electrons. The van der Waals surface area contributed by atoms with Crippen molar-refractivity contribution < 1.29 is 5.11 Å². The lowest BCUT2D eigenvalue weighted by Gasteiger charge is -2.26. The van der Waals surface area contributed by atoms with E-state index >= 15 is 0 Å². The zero-order valence-electron chi connectivity index (χ0n) is 8.83. The Morgan fingerprint density at radius 1 is 1.60 bits per heavy atom. The fourth-order valence-electron chi connectivity index (χ4n) is 1.26. The van der Waals surface area contributed by atoms with Gasteiger partial charge in [-0.25, -0.2) is 4.98 Å². The Labute approximate surface area is 102 Å². The highest BCUT2D eigenvalue weighted by Gasteiger charge is 2.18. The number of anilines is 1. The second kappa shape index (κ2) is 4.63. The molecule has 0 unspecified atom stereocenters. The number of rotatable bonds is 3. The molecule has 0 atom stereocenters. The van der Waals surface area contributed by atoms with Crippen LogP contribution in [-0.4, -0.2) is 34.3 Å². The molecule has 15 heavy (non-hydrogen) atoms. The van der Waals surface area contributed by atoms with Crippen molar-refractivity contribution in [1.82, 2.24) is 9.97 Å². The zero-order valence-corrected chi connectivity index (χ0v) is 11.2. The fraction of sp³-hybridized carbons (Fsp3) is 0.556. The third-order valence-corrected chi connectivity index (χ3v) is 2.42. The van der Waals surface area contributed by atoms with E-state index in [-0.39, 0.29) is 5.28 Å². The van der Waals surface area contributed by atoms with E-state index in [0.29, 0.717) is 12.4 Å². The average Bonchev–Trinajstić information content (AvgIpc) is 2.06. The first-order chi connectivity index (χ1) is 6.79. The molecule has 1 rings (SSSR count). The minimum absolute atomic E-state index is 0.191. The molecule has 1 N–H and O–H groups in total. The van der Waals surface area contributed by atoms with Gasteiger partial charge in [0.2, 0.25) is 5.28 Å². The van der Waals surface area contributed by atoms with Crippen molar-refractivity contribution >= 4 is 33.3 Å². The van der Waals surface area contributed by atoms with E-state index in [1.807, 2.05) is 11.9 Å². The van der Waals surface area contributed by atoms with Gasteiger partial charge in [0.15, 0.2) is 0 Å². The van der Waals surface area contributed by atoms with E-state index in [0.717, 1.165) is 4.47 Å². The number of nitrogens with zero attached hydrogens (tertiary/aromatic N) is 3. The van der Waals surface area contributed by atoms with Crippen molar-refractivity contribution in [2.45, 2.75) is 19.4 Å². The molecule has 84 valence electrons. The average molecular weight is 295 g/mol. The zero-order chi connectivity index (χ0) is 11.6. The van der Waals surface area contributed by atoms with Gasteiger partial charge in [-0.15, -0.1) is 0 Å². The van der Waals surface area contributed by atoms with Crippen LogP contribution in [0.4, 0.5) is 5.82 Å². The van der Waals surface area contributed by atoms with Crippen LogP contribution in [0, 0.1) is 0 Å². The van der Waals surface area contributed by atoms with Crippen molar-refractivity contribution in [3.05, 3.63) is 16.0 Å². The Bertz CT molecular complexity index is 354. The summed E-state index contributed by atoms with van der Waals surface area (Å²) in [6, 6.07) is 0. The van der Waals surface area contributed by atoms with Gasteiger partial charge < -0.3 is 10.0 Å². The molecule has 0 aliphatic carbocycles. The number of halogens is 2. The second-order valence-electron chi connectivity index (χ2n) is 3.98. The van der Waals surface area contributed by atoms with Crippen LogP contribution < -0.4 is 4.90 Å². The molecule has 0 aromatic carbocycles. The lowest BCUT2D eigenvalue weighted by molar-refractivity contribution is 0.0884. The molecular formula is C9H13BrClN3O. The second-order valence-corrected chi connectivity index (χ2v) is 5.17. The predicted octanol–water partition coefficient (Wildman–Crippen LogP) is 2.10. The number of aromatic nitrogens is 2. The standard InChI is InChI=1S/C9H13BrClN3O/c1-9(2,15)5-14(3)7-6(10)4-12-8(11)13-7/h4,15H,5H2,1-3H3. The van der Waals surface area contributed by atoms with E-state index in [2.05, 4.69) is 25.9 Å². The first-order valence-corrected chi connectivity index (χ1v) is 5.58. The van der Waals surface area contributed by atoms with Crippen LogP contribution in [0.2, 0.25) is 5.28 Å². The summed E-state index contributed by atoms with van der Waals surface area (Å²) in [5.74, 6) is 0.664. The summed E-state index contributed by atoms with van der Waals surface area (Å²) in [5.41, 5.74) is -0.786. The van der Waals surface area contributed by atoms with Gasteiger partial charge in [0, 0.05) is 19.8 Å². The van der Waals surface area contributed by atoms with Crippen LogP contribution in [0.1, 0.15) is 13.8 Å². The van der Waals surface area contributed by atoms with Crippen molar-refractivity contribution in [2.24, 2.45) is 0 Å². The maximum atomic E-state index is 9.68. The van der Waals surface area contributed by atoms with Gasteiger partial charge in [-0.2, -0.15) is 4.98 Å². The van der Waals surface area contributed by atoms with E-state index in [4.69, 9.17) is 11.6 Å². The van der Waals surface area contributed by atoms with Gasteiger partial charge in [-0.1, -0.05) is 0 Å². The molecule has 0 amide bonds. The van der Waals surface area contributed by atoms with Gasteiger partial charge in [0.25, 0.3) is 0 Å². The van der Waals surface area contributed by atoms with Crippen LogP contribution in [0.15, 0.2) is 10.7 Å². The largest absolute Gasteiger partial charge is 0.389 e. The molecule has 0 spiro atoms. The Morgan fingerprint density at radius 3 is 2.73 bits per heavy atom. The van der Waals surface area contributed by atoms with Crippen LogP contribution in [0.3, 0.4) is 0 Å². The minimum atomic E-state index is -0.786. The summed E-state index contributed by atoms with van der Waals surface area (Å²) in [5, 5.41) is 9.87. The van der Waals surface area contributed by atoms with Crippen LogP contribution >= 0.6 is 27.5 Å². The smallest absolute Gasteiger partial charge is 0.224 e. The maximum absolute atomic E-state index is 9.68. The predicted molar refractivity (Wildman–Crippen MR) is 64.3 cm³/mol. The Balaban J connectivity index is 2.90. The summed E-state index contributed by atoms with van der Waals surface area (Å²) in [6.45, 7) is 3.93. The third-order valence-electron chi connectivity index (χ3n) is 1.68. The summed E-state index contributed by atoms with van der Waals surface area (Å²) >= 11 is 9.03. The molecule has 0 aliphatic heterocycles. The molecule has 1 aromatic rings. The number of hydrogen-bond donors (Lipinski definition) is 1. The molecule has 0 aliphatic rings. The van der Waals surface area contributed by atoms with E-state index in [1.165, 1.54) is 0 Å². The van der Waals surface area contributed by atoms with Crippen LogP contribution in [-0.2, 0) is 0 Å². The summed E-state index contributed by atoms with van der Waals surface area (Å²) in [7, 11) is 1.83. The molecule has 4 nitrogen and oxygen atoms in total. The number of aliphatic hydroxyl groups is 1. The molecule has 1 heterocycles. The molecule has 1 aromatic heterocycles. The lowest BCUT2D eigenvalue weighted by Crippen LogP contribution is -2.36. The van der Waals surface area contributed by atoms with Crippen molar-refractivity contribution in [2.75, 3.05) is 18.5 Å². The first-order valence-electron chi connectivity index (χ1n) is 4.41. The SMILES string of the molecule is CN(CC(C)(C)O)c1nc(Cl)ncc1Br. The van der Waals surface area contributed by atoms with Crippen LogP contribution in [0.25, 0.3) is 0 Å². The molecule has 0 bridgehead atoms. The van der Waals surface area contributed by atoms with Crippen molar-refractivity contribution in [3.63, 3.8) is 0 Å². The Kier molecular flexibility index (Phi) is 3.92. The van der Waals surface area contributed by atoms with Gasteiger partial charge in [0.05, 0.1) is 10.1 Å². The van der Waals surface area contributed by atoms with Crippen molar-refractivity contribution in [1.29, 1.82) is 0 Å². The lowest BCUT2D eigenvalue weighted by atomic mass is 10.1. The maximum Gasteiger partial charge on any atom is 0.224 e. The number of likely N-dealkylation sites (N-methyl/N-ethyl adjacent to an activating group) is 1. The fourth-order valence-corrected chi connectivity index (χ4v) is 1.88. The highest BCUT2D eigenvalue weighted by Crippen LogP contribution is 2.24. The number of hydrogen-bond acceptors (Lipinski definition) is 4. The van der Waals surface area contributed by atoms with E-state index < -0.39 is 5.60 Å². The summed E-state index contributed by atoms with van der Waals surface area (Å²) < 4.78 is 0.749. The topological polar surface area (TPSA) is 49.2 Å². The minimum Gasteiger partial charge on any atom is -0.389 e. The van der Waals surface area contributed by atoms with Gasteiger partial charge in [-0.05, 0) is 41.4 Å². The Morgan fingerprint density at radius 2 is 2.20 bits per heavy atom. The summed E-state index contributed by atoms with van der Waals surface area (Å²) in [6.07, 6.45) is 1.59. The molecular weight excluding hydrogens is 281 g/mol. The molecule has 6 heteroatoms. The highest BCUT2D eigenvalue weighted by atomic mass is 79.9. The first kappa shape index (κ1) is 12.7. The third kappa shape index (κ3) is 3.93. The van der Waals surface area contributed by atoms with Gasteiger partial charge >= 0.3 is 0 Å². The normalized spacial score (nSPS) is 11.6. The summed E-state index contributed by atoms with van der Waals surface area (Å²) in [4.78, 5) is 9.73. The monoisotopic (exact) mass is 293 g/mol. The van der Waals surface area contributed by atoms with Gasteiger partial charge in [-0.3, -0.25) is 0 Å².